The van der Waals surface area contributed by atoms with Gasteiger partial charge in [-0.3, -0.25) is 9.10 Å². The number of nitrogens with zero attached hydrogens (tertiary/aromatic N) is 2. The first-order valence-electron chi connectivity index (χ1n) is 9.31. The summed E-state index contributed by atoms with van der Waals surface area (Å²) in [5, 5.41) is 14.9. The molecular formula is C21H20ClN3O4S2. The maximum absolute atomic E-state index is 13.2. The number of thioether (sulfide) groups is 1. The van der Waals surface area contributed by atoms with Crippen molar-refractivity contribution in [2.24, 2.45) is 0 Å². The fourth-order valence-corrected chi connectivity index (χ4v) is 5.20. The largest absolute Gasteiger partial charge is 0.618 e. The third-order valence-corrected chi connectivity index (χ3v) is 7.52. The van der Waals surface area contributed by atoms with E-state index in [0.29, 0.717) is 15.4 Å². The molecule has 0 saturated carbocycles. The average molecular weight is 478 g/mol. The quantitative estimate of drug-likeness (QED) is 0.301. The molecule has 31 heavy (non-hydrogen) atoms. The van der Waals surface area contributed by atoms with Crippen LogP contribution in [0.5, 0.6) is 0 Å². The Morgan fingerprint density at radius 2 is 1.84 bits per heavy atom. The summed E-state index contributed by atoms with van der Waals surface area (Å²) in [7, 11) is -3.87. The number of nitrogens with one attached hydrogen (secondary N) is 1. The molecule has 3 rings (SSSR count). The summed E-state index contributed by atoms with van der Waals surface area (Å²) < 4.78 is 28.3. The van der Waals surface area contributed by atoms with Crippen LogP contribution in [0.2, 0.25) is 5.02 Å². The Labute approximate surface area is 190 Å². The Balaban J connectivity index is 1.79. The minimum atomic E-state index is -3.87. The summed E-state index contributed by atoms with van der Waals surface area (Å²) in [6.45, 7) is 1.98. The highest BCUT2D eigenvalue weighted by Crippen LogP contribution is 2.29. The highest BCUT2D eigenvalue weighted by atomic mass is 35.5. The first-order valence-corrected chi connectivity index (χ1v) is 12.1. The van der Waals surface area contributed by atoms with Gasteiger partial charge in [0.2, 0.25) is 5.91 Å². The van der Waals surface area contributed by atoms with E-state index < -0.39 is 15.9 Å². The predicted octanol–water partition coefficient (Wildman–Crippen LogP) is 3.92. The lowest BCUT2D eigenvalue weighted by atomic mass is 10.3. The van der Waals surface area contributed by atoms with Gasteiger partial charge in [-0.25, -0.2) is 8.42 Å². The zero-order valence-corrected chi connectivity index (χ0v) is 19.0. The molecule has 2 aromatic carbocycles. The van der Waals surface area contributed by atoms with Crippen molar-refractivity contribution in [2.75, 3.05) is 21.9 Å². The second kappa shape index (κ2) is 10.0. The topological polar surface area (TPSA) is 93.4 Å². The van der Waals surface area contributed by atoms with Crippen molar-refractivity contribution in [3.05, 3.63) is 83.2 Å². The number of halogens is 1. The van der Waals surface area contributed by atoms with Gasteiger partial charge in [-0.05, 0) is 55.1 Å². The van der Waals surface area contributed by atoms with Crippen LogP contribution in [0.1, 0.15) is 6.92 Å². The highest BCUT2D eigenvalue weighted by Gasteiger charge is 2.24. The van der Waals surface area contributed by atoms with Crippen molar-refractivity contribution in [1.82, 2.24) is 0 Å². The fourth-order valence-electron chi connectivity index (χ4n) is 2.82. The standard InChI is InChI=1S/C21H20ClN3O4S2/c1-2-25(16-8-4-3-5-9-16)31(28,29)17-11-12-18(22)19(14-17)23-20(26)15-30-21-10-6-7-13-24(21)27/h3-14H,2,15H2,1H3,(H,23,26). The van der Waals surface area contributed by atoms with Gasteiger partial charge in [0.05, 0.1) is 27.0 Å². The molecule has 0 radical (unpaired) electrons. The number of anilines is 2. The summed E-state index contributed by atoms with van der Waals surface area (Å²) in [5.41, 5.74) is 0.719. The van der Waals surface area contributed by atoms with Crippen LogP contribution in [-0.4, -0.2) is 26.6 Å². The number of hydrogen-bond donors (Lipinski definition) is 1. The minimum Gasteiger partial charge on any atom is -0.618 e. The Morgan fingerprint density at radius 1 is 1.13 bits per heavy atom. The zero-order chi connectivity index (χ0) is 22.4. The number of para-hydroxylation sites is 1. The molecule has 0 bridgehead atoms. The number of carbonyl (C=O) groups excluding carboxylic acids is 1. The van der Waals surface area contributed by atoms with Gasteiger partial charge < -0.3 is 10.5 Å². The van der Waals surface area contributed by atoms with Gasteiger partial charge in [-0.15, -0.1) is 0 Å². The number of hydrogen-bond acceptors (Lipinski definition) is 5. The lowest BCUT2D eigenvalue weighted by Gasteiger charge is -2.23. The molecule has 0 atom stereocenters. The maximum atomic E-state index is 13.2. The second-order valence-electron chi connectivity index (χ2n) is 6.35. The second-order valence-corrected chi connectivity index (χ2v) is 9.61. The average Bonchev–Trinajstić information content (AvgIpc) is 2.75. The highest BCUT2D eigenvalue weighted by molar-refractivity contribution is 7.99. The molecule has 0 saturated heterocycles. The van der Waals surface area contributed by atoms with Crippen LogP contribution in [0.25, 0.3) is 0 Å². The Kier molecular flexibility index (Phi) is 7.42. The Hall–Kier alpha value is -2.75. The summed E-state index contributed by atoms with van der Waals surface area (Å²) in [6.07, 6.45) is 1.34. The zero-order valence-electron chi connectivity index (χ0n) is 16.6. The summed E-state index contributed by atoms with van der Waals surface area (Å²) >= 11 is 7.24. The summed E-state index contributed by atoms with van der Waals surface area (Å²) in [5.74, 6) is -0.453. The lowest BCUT2D eigenvalue weighted by Crippen LogP contribution is -2.30. The van der Waals surface area contributed by atoms with Gasteiger partial charge >= 0.3 is 0 Å². The fraction of sp³-hybridized carbons (Fsp3) is 0.143. The number of carbonyl (C=O) groups is 1. The maximum Gasteiger partial charge on any atom is 0.264 e. The summed E-state index contributed by atoms with van der Waals surface area (Å²) in [4.78, 5) is 12.4. The van der Waals surface area contributed by atoms with Crippen molar-refractivity contribution >= 4 is 50.7 Å². The molecular weight excluding hydrogens is 458 g/mol. The molecule has 0 aliphatic heterocycles. The van der Waals surface area contributed by atoms with Crippen LogP contribution in [0.15, 0.2) is 82.8 Å². The molecule has 162 valence electrons. The van der Waals surface area contributed by atoms with Crippen molar-refractivity contribution in [2.45, 2.75) is 16.8 Å². The van der Waals surface area contributed by atoms with Crippen LogP contribution in [0, 0.1) is 5.21 Å². The van der Waals surface area contributed by atoms with E-state index in [0.717, 1.165) is 11.8 Å². The number of aromatic nitrogens is 1. The van der Waals surface area contributed by atoms with Crippen molar-refractivity contribution in [3.8, 4) is 0 Å². The molecule has 0 aliphatic carbocycles. The van der Waals surface area contributed by atoms with Gasteiger partial charge in [0.15, 0.2) is 6.20 Å². The number of benzene rings is 2. The van der Waals surface area contributed by atoms with Crippen LogP contribution >= 0.6 is 23.4 Å². The van der Waals surface area contributed by atoms with E-state index >= 15 is 0 Å². The van der Waals surface area contributed by atoms with Gasteiger partial charge in [0, 0.05) is 18.7 Å². The third kappa shape index (κ3) is 5.49. The van der Waals surface area contributed by atoms with Crippen LogP contribution in [0.4, 0.5) is 11.4 Å². The third-order valence-electron chi connectivity index (χ3n) is 4.27. The molecule has 7 nitrogen and oxygen atoms in total. The molecule has 1 amide bonds. The van der Waals surface area contributed by atoms with Gasteiger partial charge in [0.25, 0.3) is 15.0 Å². The van der Waals surface area contributed by atoms with E-state index in [4.69, 9.17) is 11.6 Å². The van der Waals surface area contributed by atoms with Crippen LogP contribution in [-0.2, 0) is 14.8 Å². The lowest BCUT2D eigenvalue weighted by molar-refractivity contribution is -0.645. The SMILES string of the molecule is CCN(c1ccccc1)S(=O)(=O)c1ccc(Cl)c(NC(=O)CSc2cccc[n+]2[O-])c1. The minimum absolute atomic E-state index is 0.00557. The molecule has 1 aromatic heterocycles. The van der Waals surface area contributed by atoms with E-state index in [9.17, 15) is 18.4 Å². The van der Waals surface area contributed by atoms with Crippen LogP contribution in [0.3, 0.4) is 0 Å². The van der Waals surface area contributed by atoms with E-state index in [-0.39, 0.29) is 27.9 Å². The normalized spacial score (nSPS) is 11.2. The smallest absolute Gasteiger partial charge is 0.264 e. The molecule has 3 aromatic rings. The molecule has 10 heteroatoms. The molecule has 0 unspecified atom stereocenters. The van der Waals surface area contributed by atoms with Crippen molar-refractivity contribution in [1.29, 1.82) is 0 Å². The number of amides is 1. The first-order chi connectivity index (χ1) is 14.8. The number of pyridine rings is 1. The monoisotopic (exact) mass is 477 g/mol. The van der Waals surface area contributed by atoms with E-state index in [2.05, 4.69) is 5.32 Å². The van der Waals surface area contributed by atoms with Crippen LogP contribution < -0.4 is 14.4 Å². The van der Waals surface area contributed by atoms with Crippen molar-refractivity contribution < 1.29 is 17.9 Å². The first kappa shape index (κ1) is 22.9. The predicted molar refractivity (Wildman–Crippen MR) is 123 cm³/mol. The van der Waals surface area contributed by atoms with Gasteiger partial charge in [-0.1, -0.05) is 29.8 Å². The molecule has 0 aliphatic rings. The number of sulfonamides is 1. The number of rotatable bonds is 8. The summed E-state index contributed by atoms with van der Waals surface area (Å²) in [6, 6.07) is 17.8. The Morgan fingerprint density at radius 3 is 2.52 bits per heavy atom. The Bertz CT molecular complexity index is 1170. The van der Waals surface area contributed by atoms with E-state index in [1.165, 1.54) is 28.7 Å². The van der Waals surface area contributed by atoms with E-state index in [1.807, 2.05) is 6.07 Å². The molecule has 1 N–H and O–H groups in total. The molecule has 1 heterocycles. The van der Waals surface area contributed by atoms with Gasteiger partial charge in [0.1, 0.15) is 0 Å². The van der Waals surface area contributed by atoms with E-state index in [1.54, 1.807) is 49.4 Å². The molecule has 0 fully saturated rings. The molecule has 0 spiro atoms. The van der Waals surface area contributed by atoms with Crippen molar-refractivity contribution in [3.63, 3.8) is 0 Å². The van der Waals surface area contributed by atoms with Gasteiger partial charge in [-0.2, -0.15) is 4.73 Å².